The molecule has 1 fully saturated rings. The topological polar surface area (TPSA) is 99.2 Å². The van der Waals surface area contributed by atoms with E-state index in [0.717, 1.165) is 42.8 Å². The van der Waals surface area contributed by atoms with Gasteiger partial charge in [0.15, 0.2) is 0 Å². The van der Waals surface area contributed by atoms with Crippen LogP contribution in [0.25, 0.3) is 0 Å². The molecule has 2 heterocycles. The van der Waals surface area contributed by atoms with E-state index in [4.69, 9.17) is 16.3 Å². The second kappa shape index (κ2) is 11.7. The van der Waals surface area contributed by atoms with E-state index in [2.05, 4.69) is 28.3 Å². The molecule has 42 heavy (non-hydrogen) atoms. The lowest BCUT2D eigenvalue weighted by atomic mass is 9.68. The number of benzene rings is 2. The molecule has 0 aromatic heterocycles. The minimum absolute atomic E-state index is 0.0598. The molecule has 224 valence electrons. The lowest BCUT2D eigenvalue weighted by molar-refractivity contribution is 0.0456. The SMILES string of the molecule is C=CCN1CC/C=C/C(O)[C@@H]2CC[C@H]2CN2C[C@@]3(CCCc4cc(Cl)ccc43)COc3ccc(cc32)C(=O)NS1(=O)=O. The van der Waals surface area contributed by atoms with Crippen molar-refractivity contribution in [2.45, 2.75) is 50.0 Å². The van der Waals surface area contributed by atoms with Gasteiger partial charge >= 0.3 is 10.2 Å². The lowest BCUT2D eigenvalue weighted by Crippen LogP contribution is -2.49. The van der Waals surface area contributed by atoms with Gasteiger partial charge in [0, 0.05) is 42.2 Å². The van der Waals surface area contributed by atoms with Gasteiger partial charge in [-0.3, -0.25) is 4.79 Å². The maximum absolute atomic E-state index is 13.3. The summed E-state index contributed by atoms with van der Waals surface area (Å²) in [5.74, 6) is 0.347. The van der Waals surface area contributed by atoms with E-state index < -0.39 is 22.2 Å². The van der Waals surface area contributed by atoms with Gasteiger partial charge in [0.1, 0.15) is 5.75 Å². The van der Waals surface area contributed by atoms with E-state index in [0.29, 0.717) is 31.9 Å². The Labute approximate surface area is 253 Å². The second-order valence-corrected chi connectivity index (χ2v) is 14.2. The summed E-state index contributed by atoms with van der Waals surface area (Å²) in [6.45, 7) is 5.76. The van der Waals surface area contributed by atoms with Gasteiger partial charge in [0.2, 0.25) is 0 Å². The van der Waals surface area contributed by atoms with Crippen LogP contribution >= 0.6 is 11.6 Å². The molecule has 1 unspecified atom stereocenters. The van der Waals surface area contributed by atoms with Crippen LogP contribution < -0.4 is 14.4 Å². The minimum Gasteiger partial charge on any atom is -0.490 e. The Morgan fingerprint density at radius 1 is 1.21 bits per heavy atom. The normalized spacial score (nSPS) is 30.1. The number of rotatable bonds is 2. The van der Waals surface area contributed by atoms with Gasteiger partial charge in [-0.05, 0) is 91.8 Å². The number of halogens is 1. The molecule has 1 amide bonds. The number of aliphatic hydroxyl groups is 1. The molecular weight excluding hydrogens is 574 g/mol. The number of aryl methyl sites for hydroxylation is 1. The Hall–Kier alpha value is -2.85. The number of amides is 1. The molecule has 8 nitrogen and oxygen atoms in total. The molecule has 4 atom stereocenters. The van der Waals surface area contributed by atoms with Crippen LogP contribution in [0.1, 0.15) is 53.6 Å². The molecule has 2 N–H and O–H groups in total. The van der Waals surface area contributed by atoms with Crippen molar-refractivity contribution in [2.75, 3.05) is 37.7 Å². The predicted molar refractivity (Wildman–Crippen MR) is 164 cm³/mol. The highest BCUT2D eigenvalue weighted by atomic mass is 35.5. The molecule has 0 saturated heterocycles. The average Bonchev–Trinajstić information content (AvgIpc) is 3.09. The monoisotopic (exact) mass is 611 g/mol. The van der Waals surface area contributed by atoms with Crippen LogP contribution in [0, 0.1) is 11.8 Å². The van der Waals surface area contributed by atoms with E-state index in [-0.39, 0.29) is 35.9 Å². The number of carbonyl (C=O) groups is 1. The summed E-state index contributed by atoms with van der Waals surface area (Å²) in [6, 6.07) is 11.3. The fourth-order valence-electron chi connectivity index (χ4n) is 7.10. The van der Waals surface area contributed by atoms with Crippen molar-refractivity contribution in [3.8, 4) is 5.75 Å². The number of nitrogens with one attached hydrogen (secondary N) is 1. The Morgan fingerprint density at radius 2 is 2.07 bits per heavy atom. The zero-order valence-corrected chi connectivity index (χ0v) is 25.2. The Bertz CT molecular complexity index is 1510. The molecule has 2 aliphatic heterocycles. The summed E-state index contributed by atoms with van der Waals surface area (Å²) < 4.78 is 36.3. The lowest BCUT2D eigenvalue weighted by Gasteiger charge is -2.45. The molecule has 2 bridgehead atoms. The maximum Gasteiger partial charge on any atom is 0.304 e. The third-order valence-corrected chi connectivity index (χ3v) is 11.1. The minimum atomic E-state index is -4.12. The van der Waals surface area contributed by atoms with E-state index in [1.807, 2.05) is 12.1 Å². The maximum atomic E-state index is 13.3. The summed E-state index contributed by atoms with van der Waals surface area (Å²) >= 11 is 6.38. The molecule has 4 aliphatic rings. The van der Waals surface area contributed by atoms with Crippen molar-refractivity contribution in [3.63, 3.8) is 0 Å². The number of ether oxygens (including phenoxy) is 1. The van der Waals surface area contributed by atoms with Crippen molar-refractivity contribution in [1.82, 2.24) is 9.03 Å². The molecule has 2 aromatic rings. The Kier molecular flexibility index (Phi) is 8.13. The van der Waals surface area contributed by atoms with Crippen LogP contribution in [-0.4, -0.2) is 62.6 Å². The Balaban J connectivity index is 1.41. The first-order valence-corrected chi connectivity index (χ1v) is 16.6. The number of anilines is 1. The molecule has 6 rings (SSSR count). The molecule has 2 aliphatic carbocycles. The van der Waals surface area contributed by atoms with Gasteiger partial charge in [-0.15, -0.1) is 6.58 Å². The zero-order chi connectivity index (χ0) is 29.5. The van der Waals surface area contributed by atoms with Crippen molar-refractivity contribution < 1.29 is 23.1 Å². The van der Waals surface area contributed by atoms with Crippen LogP contribution in [0.3, 0.4) is 0 Å². The van der Waals surface area contributed by atoms with Gasteiger partial charge < -0.3 is 14.7 Å². The number of hydrogen-bond acceptors (Lipinski definition) is 6. The summed E-state index contributed by atoms with van der Waals surface area (Å²) in [6.07, 6.45) is 9.79. The predicted octanol–water partition coefficient (Wildman–Crippen LogP) is 4.62. The quantitative estimate of drug-likeness (QED) is 0.481. The van der Waals surface area contributed by atoms with E-state index in [1.54, 1.807) is 24.3 Å². The van der Waals surface area contributed by atoms with Crippen LogP contribution in [0.4, 0.5) is 5.69 Å². The fourth-order valence-corrected chi connectivity index (χ4v) is 8.42. The van der Waals surface area contributed by atoms with Crippen LogP contribution in [0.5, 0.6) is 5.75 Å². The molecule has 10 heteroatoms. The van der Waals surface area contributed by atoms with Gasteiger partial charge in [0.05, 0.1) is 18.4 Å². The number of fused-ring (bicyclic) bond motifs is 4. The van der Waals surface area contributed by atoms with Crippen molar-refractivity contribution >= 4 is 33.4 Å². The van der Waals surface area contributed by atoms with Crippen molar-refractivity contribution in [1.29, 1.82) is 0 Å². The number of aliphatic hydroxyl groups excluding tert-OH is 1. The summed E-state index contributed by atoms with van der Waals surface area (Å²) in [4.78, 5) is 15.7. The zero-order valence-electron chi connectivity index (χ0n) is 23.7. The smallest absolute Gasteiger partial charge is 0.304 e. The van der Waals surface area contributed by atoms with Gasteiger partial charge in [0.25, 0.3) is 5.91 Å². The third-order valence-electron chi connectivity index (χ3n) is 9.44. The van der Waals surface area contributed by atoms with Crippen LogP contribution in [0.2, 0.25) is 5.02 Å². The fraction of sp³-hybridized carbons (Fsp3) is 0.469. The molecule has 0 radical (unpaired) electrons. The third kappa shape index (κ3) is 5.60. The van der Waals surface area contributed by atoms with Gasteiger partial charge in [-0.2, -0.15) is 12.7 Å². The molecule has 2 aromatic carbocycles. The Morgan fingerprint density at radius 3 is 2.86 bits per heavy atom. The first-order chi connectivity index (χ1) is 20.2. The molecular formula is C32H38ClN3O5S. The highest BCUT2D eigenvalue weighted by molar-refractivity contribution is 7.87. The van der Waals surface area contributed by atoms with Crippen molar-refractivity contribution in [3.05, 3.63) is 82.9 Å². The molecule has 1 spiro atoms. The van der Waals surface area contributed by atoms with Gasteiger partial charge in [-0.1, -0.05) is 35.9 Å². The highest BCUT2D eigenvalue weighted by Crippen LogP contribution is 2.46. The largest absolute Gasteiger partial charge is 0.490 e. The number of carbonyl (C=O) groups excluding carboxylic acids is 1. The summed E-state index contributed by atoms with van der Waals surface area (Å²) in [7, 11) is -4.12. The van der Waals surface area contributed by atoms with Gasteiger partial charge in [-0.25, -0.2) is 4.72 Å². The first kappa shape index (κ1) is 29.2. The van der Waals surface area contributed by atoms with Crippen molar-refractivity contribution in [2.24, 2.45) is 11.8 Å². The average molecular weight is 612 g/mol. The first-order valence-electron chi connectivity index (χ1n) is 14.8. The molecule has 1 saturated carbocycles. The van der Waals surface area contributed by atoms with E-state index in [1.165, 1.54) is 21.5 Å². The van der Waals surface area contributed by atoms with Crippen LogP contribution in [-0.2, 0) is 22.0 Å². The van der Waals surface area contributed by atoms with E-state index in [9.17, 15) is 18.3 Å². The summed E-state index contributed by atoms with van der Waals surface area (Å²) in [5.41, 5.74) is 3.23. The number of hydrogen-bond donors (Lipinski definition) is 2. The van der Waals surface area contributed by atoms with E-state index >= 15 is 0 Å². The van der Waals surface area contributed by atoms with Crippen LogP contribution in [0.15, 0.2) is 61.2 Å². The summed E-state index contributed by atoms with van der Waals surface area (Å²) in [5, 5.41) is 11.8. The second-order valence-electron chi connectivity index (χ2n) is 12.1. The number of nitrogens with zero attached hydrogens (tertiary/aromatic N) is 2. The standard InChI is InChI=1S/C32H38ClN3O5S/c1-2-15-36-16-4-3-7-29(37)26-11-8-24(26)19-35-20-32(14-5-6-22-17-25(33)10-12-27(22)32)21-41-30-13-9-23(18-28(30)35)31(38)34-42(36,39)40/h2-3,7,9-10,12-13,17-18,24,26,29,37H,1,4-6,8,11,14-16,19-21H2,(H,34,38)/b7-3+/t24-,26+,29?,32-/m0/s1. The highest BCUT2D eigenvalue weighted by Gasteiger charge is 2.44.